The van der Waals surface area contributed by atoms with Gasteiger partial charge in [0.2, 0.25) is 0 Å². The summed E-state index contributed by atoms with van der Waals surface area (Å²) in [5.41, 5.74) is 0.243. The molecular weight excluding hydrogens is 346 g/mol. The lowest BCUT2D eigenvalue weighted by molar-refractivity contribution is -0.152. The molecule has 0 N–H and O–H groups in total. The average molecular weight is 370 g/mol. The molecule has 1 saturated heterocycles. The van der Waals surface area contributed by atoms with Gasteiger partial charge in [-0.05, 0) is 31.4 Å². The van der Waals surface area contributed by atoms with Crippen LogP contribution in [0.4, 0.5) is 0 Å². The van der Waals surface area contributed by atoms with Gasteiger partial charge in [-0.1, -0.05) is 44.5 Å². The van der Waals surface area contributed by atoms with Crippen LogP contribution >= 0.6 is 23.4 Å². The molecule has 1 amide bonds. The molecule has 1 heterocycles. The highest BCUT2D eigenvalue weighted by Gasteiger charge is 2.47. The monoisotopic (exact) mass is 369 g/mol. The van der Waals surface area contributed by atoms with E-state index >= 15 is 0 Å². The number of nitrogens with zero attached hydrogens (tertiary/aromatic N) is 1. The van der Waals surface area contributed by atoms with Gasteiger partial charge in [0.1, 0.15) is 6.04 Å². The van der Waals surface area contributed by atoms with Crippen LogP contribution in [-0.4, -0.2) is 40.0 Å². The summed E-state index contributed by atoms with van der Waals surface area (Å²) in [6.45, 7) is 9.80. The van der Waals surface area contributed by atoms with Crippen LogP contribution < -0.4 is 0 Å². The summed E-state index contributed by atoms with van der Waals surface area (Å²) in [7, 11) is 0. The summed E-state index contributed by atoms with van der Waals surface area (Å²) in [4.78, 5) is 27.3. The third kappa shape index (κ3) is 4.06. The molecule has 132 valence electrons. The van der Waals surface area contributed by atoms with E-state index in [-0.39, 0.29) is 28.8 Å². The number of amides is 1. The first kappa shape index (κ1) is 19.1. The summed E-state index contributed by atoms with van der Waals surface area (Å²) in [6.07, 6.45) is -0.214. The lowest BCUT2D eigenvalue weighted by Gasteiger charge is -2.36. The molecule has 0 saturated carbocycles. The third-order valence-corrected chi connectivity index (χ3v) is 5.79. The first-order chi connectivity index (χ1) is 11.1. The van der Waals surface area contributed by atoms with Gasteiger partial charge in [-0.3, -0.25) is 4.79 Å². The van der Waals surface area contributed by atoms with E-state index < -0.39 is 6.04 Å². The van der Waals surface area contributed by atoms with Crippen molar-refractivity contribution >= 4 is 35.2 Å². The van der Waals surface area contributed by atoms with Crippen molar-refractivity contribution in [2.24, 2.45) is 5.41 Å². The van der Waals surface area contributed by atoms with Crippen molar-refractivity contribution in [3.63, 3.8) is 0 Å². The number of benzene rings is 1. The molecule has 1 fully saturated rings. The van der Waals surface area contributed by atoms with E-state index in [0.29, 0.717) is 16.3 Å². The van der Waals surface area contributed by atoms with Gasteiger partial charge in [-0.2, -0.15) is 0 Å². The van der Waals surface area contributed by atoms with Crippen molar-refractivity contribution in [1.82, 2.24) is 4.90 Å². The number of thioether (sulfide) groups is 1. The number of esters is 1. The van der Waals surface area contributed by atoms with Gasteiger partial charge in [-0.15, -0.1) is 11.8 Å². The normalized spacial score (nSPS) is 21.2. The Kier molecular flexibility index (Phi) is 5.87. The fourth-order valence-corrected chi connectivity index (χ4v) is 4.47. The zero-order chi connectivity index (χ0) is 18.1. The molecule has 0 aliphatic carbocycles. The number of ether oxygens (including phenoxy) is 1. The van der Waals surface area contributed by atoms with Gasteiger partial charge >= 0.3 is 5.97 Å². The van der Waals surface area contributed by atoms with E-state index in [4.69, 9.17) is 16.3 Å². The van der Waals surface area contributed by atoms with Gasteiger partial charge in [0, 0.05) is 5.75 Å². The minimum atomic E-state index is -0.592. The SMILES string of the molecule is CC(C)OC(=O)C1CSC(C(C)(C)C)N1C(=O)c1ccccc1Cl. The van der Waals surface area contributed by atoms with Crippen LogP contribution in [0.2, 0.25) is 5.02 Å². The second-order valence-corrected chi connectivity index (χ2v) is 8.77. The van der Waals surface area contributed by atoms with E-state index in [1.54, 1.807) is 40.9 Å². The van der Waals surface area contributed by atoms with Crippen LogP contribution in [0.25, 0.3) is 0 Å². The number of hydrogen-bond donors (Lipinski definition) is 0. The third-order valence-electron chi connectivity index (χ3n) is 3.70. The lowest BCUT2D eigenvalue weighted by Crippen LogP contribution is -2.50. The molecular formula is C18H24ClNO3S. The maximum Gasteiger partial charge on any atom is 0.330 e. The summed E-state index contributed by atoms with van der Waals surface area (Å²) in [5, 5.41) is 0.272. The number of carbonyl (C=O) groups is 2. The highest BCUT2D eigenvalue weighted by molar-refractivity contribution is 8.00. The number of carbonyl (C=O) groups excluding carboxylic acids is 2. The van der Waals surface area contributed by atoms with Crippen LogP contribution in [0, 0.1) is 5.41 Å². The Bertz CT molecular complexity index is 627. The molecule has 2 unspecified atom stereocenters. The number of halogens is 1. The van der Waals surface area contributed by atoms with Crippen molar-refractivity contribution in [2.75, 3.05) is 5.75 Å². The molecule has 0 bridgehead atoms. The van der Waals surface area contributed by atoms with Crippen LogP contribution in [0.5, 0.6) is 0 Å². The Balaban J connectivity index is 2.38. The summed E-state index contributed by atoms with van der Waals surface area (Å²) in [6, 6.07) is 6.34. The van der Waals surface area contributed by atoms with E-state index in [1.165, 1.54) is 0 Å². The van der Waals surface area contributed by atoms with E-state index in [9.17, 15) is 9.59 Å². The molecule has 24 heavy (non-hydrogen) atoms. The van der Waals surface area contributed by atoms with E-state index in [1.807, 2.05) is 13.8 Å². The fraction of sp³-hybridized carbons (Fsp3) is 0.556. The summed E-state index contributed by atoms with van der Waals surface area (Å²) >= 11 is 7.81. The Morgan fingerprint density at radius 3 is 2.46 bits per heavy atom. The standard InChI is InChI=1S/C18H24ClNO3S/c1-11(2)23-16(22)14-10-24-17(18(3,4)5)20(14)15(21)12-8-6-7-9-13(12)19/h6-9,11,14,17H,10H2,1-5H3. The predicted molar refractivity (Wildman–Crippen MR) is 98.3 cm³/mol. The molecule has 0 spiro atoms. The molecule has 6 heteroatoms. The van der Waals surface area contributed by atoms with Crippen molar-refractivity contribution in [3.05, 3.63) is 34.9 Å². The van der Waals surface area contributed by atoms with Gasteiger partial charge in [0.25, 0.3) is 5.91 Å². The van der Waals surface area contributed by atoms with Gasteiger partial charge in [-0.25, -0.2) is 4.79 Å². The Labute approximate surface area is 152 Å². The van der Waals surface area contributed by atoms with Gasteiger partial charge < -0.3 is 9.64 Å². The van der Waals surface area contributed by atoms with Crippen LogP contribution in [0.1, 0.15) is 45.0 Å². The lowest BCUT2D eigenvalue weighted by atomic mass is 9.94. The Morgan fingerprint density at radius 1 is 1.29 bits per heavy atom. The van der Waals surface area contributed by atoms with Gasteiger partial charge in [0.15, 0.2) is 0 Å². The minimum Gasteiger partial charge on any atom is -0.461 e. The molecule has 2 atom stereocenters. The van der Waals surface area contributed by atoms with E-state index in [2.05, 4.69) is 20.8 Å². The molecule has 1 aromatic carbocycles. The second-order valence-electron chi connectivity index (χ2n) is 7.25. The first-order valence-corrected chi connectivity index (χ1v) is 9.45. The van der Waals surface area contributed by atoms with Crippen LogP contribution in [-0.2, 0) is 9.53 Å². The summed E-state index contributed by atoms with van der Waals surface area (Å²) in [5.74, 6) is -0.0511. The van der Waals surface area contributed by atoms with Crippen molar-refractivity contribution in [2.45, 2.75) is 52.1 Å². The minimum absolute atomic E-state index is 0.119. The van der Waals surface area contributed by atoms with Gasteiger partial charge in [0.05, 0.1) is 22.1 Å². The molecule has 1 aliphatic rings. The quantitative estimate of drug-likeness (QED) is 0.748. The van der Waals surface area contributed by atoms with Crippen molar-refractivity contribution in [1.29, 1.82) is 0 Å². The molecule has 0 radical (unpaired) electrons. The molecule has 4 nitrogen and oxygen atoms in total. The molecule has 1 aliphatic heterocycles. The Morgan fingerprint density at radius 2 is 1.92 bits per heavy atom. The van der Waals surface area contributed by atoms with E-state index in [0.717, 1.165) is 0 Å². The highest BCUT2D eigenvalue weighted by Crippen LogP contribution is 2.42. The van der Waals surface area contributed by atoms with Crippen LogP contribution in [0.3, 0.4) is 0 Å². The number of hydrogen-bond acceptors (Lipinski definition) is 4. The zero-order valence-corrected chi connectivity index (χ0v) is 16.3. The highest BCUT2D eigenvalue weighted by atomic mass is 35.5. The fourth-order valence-electron chi connectivity index (χ4n) is 2.69. The van der Waals surface area contributed by atoms with Crippen LogP contribution in [0.15, 0.2) is 24.3 Å². The predicted octanol–water partition coefficient (Wildman–Crippen LogP) is 4.22. The molecule has 1 aromatic rings. The zero-order valence-electron chi connectivity index (χ0n) is 14.7. The first-order valence-electron chi connectivity index (χ1n) is 8.02. The van der Waals surface area contributed by atoms with Crippen molar-refractivity contribution < 1.29 is 14.3 Å². The van der Waals surface area contributed by atoms with Crippen molar-refractivity contribution in [3.8, 4) is 0 Å². The molecule has 2 rings (SSSR count). The Hall–Kier alpha value is -1.20. The maximum absolute atomic E-state index is 13.1. The molecule has 0 aromatic heterocycles. The largest absolute Gasteiger partial charge is 0.461 e. The second kappa shape index (κ2) is 7.36. The summed E-state index contributed by atoms with van der Waals surface area (Å²) < 4.78 is 5.36. The number of rotatable bonds is 3. The topological polar surface area (TPSA) is 46.6 Å². The smallest absolute Gasteiger partial charge is 0.330 e. The average Bonchev–Trinajstić information content (AvgIpc) is 2.91. The maximum atomic E-state index is 13.1.